The maximum absolute atomic E-state index is 12.0. The summed E-state index contributed by atoms with van der Waals surface area (Å²) in [5.41, 5.74) is -5.32. The van der Waals surface area contributed by atoms with E-state index in [1.807, 2.05) is 0 Å². The Labute approximate surface area is 99.5 Å². The van der Waals surface area contributed by atoms with Crippen LogP contribution in [0.2, 0.25) is 0 Å². The van der Waals surface area contributed by atoms with Gasteiger partial charge in [-0.15, -0.1) is 0 Å². The van der Waals surface area contributed by atoms with Crippen molar-refractivity contribution in [1.29, 1.82) is 0 Å². The molecule has 0 aromatic heterocycles. The van der Waals surface area contributed by atoms with Gasteiger partial charge in [-0.3, -0.25) is 4.18 Å². The number of halogens is 3. The zero-order valence-electron chi connectivity index (χ0n) is 9.66. The minimum atomic E-state index is -5.43. The highest BCUT2D eigenvalue weighted by atomic mass is 32.2. The van der Waals surface area contributed by atoms with Gasteiger partial charge >= 0.3 is 15.6 Å². The fourth-order valence-corrected chi connectivity index (χ4v) is 2.63. The highest BCUT2D eigenvalue weighted by molar-refractivity contribution is 7.87. The molecule has 1 aliphatic rings. The normalized spacial score (nSPS) is 21.4. The van der Waals surface area contributed by atoms with E-state index in [9.17, 15) is 21.6 Å². The van der Waals surface area contributed by atoms with Gasteiger partial charge in [0.2, 0.25) is 0 Å². The van der Waals surface area contributed by atoms with Crippen molar-refractivity contribution >= 4 is 10.1 Å². The third kappa shape index (κ3) is 4.13. The summed E-state index contributed by atoms with van der Waals surface area (Å²) < 4.78 is 61.5. The van der Waals surface area contributed by atoms with Gasteiger partial charge in [0.15, 0.2) is 0 Å². The first-order valence-electron chi connectivity index (χ1n) is 5.70. The summed E-state index contributed by atoms with van der Waals surface area (Å²) in [7, 11) is -5.43. The van der Waals surface area contributed by atoms with Crippen LogP contribution >= 0.6 is 0 Å². The third-order valence-corrected chi connectivity index (χ3v) is 4.24. The van der Waals surface area contributed by atoms with E-state index in [-0.39, 0.29) is 18.4 Å². The fourth-order valence-electron chi connectivity index (χ4n) is 2.10. The van der Waals surface area contributed by atoms with Gasteiger partial charge in [0.1, 0.15) is 0 Å². The molecule has 1 saturated carbocycles. The molecule has 0 amide bonds. The number of hydrogen-bond donors (Lipinski definition) is 0. The van der Waals surface area contributed by atoms with Crippen LogP contribution in [-0.4, -0.2) is 20.5 Å². The third-order valence-electron chi connectivity index (χ3n) is 3.22. The second kappa shape index (κ2) is 5.56. The van der Waals surface area contributed by atoms with E-state index in [1.165, 1.54) is 0 Å². The molecule has 0 spiro atoms. The predicted molar refractivity (Wildman–Crippen MR) is 56.7 cm³/mol. The molecule has 17 heavy (non-hydrogen) atoms. The first-order valence-corrected chi connectivity index (χ1v) is 7.10. The van der Waals surface area contributed by atoms with Gasteiger partial charge in [-0.2, -0.15) is 21.6 Å². The molecule has 1 fully saturated rings. The lowest BCUT2D eigenvalue weighted by molar-refractivity contribution is -0.0555. The summed E-state index contributed by atoms with van der Waals surface area (Å²) in [6, 6.07) is 0. The van der Waals surface area contributed by atoms with E-state index in [1.54, 1.807) is 6.92 Å². The Morgan fingerprint density at radius 1 is 1.24 bits per heavy atom. The molecule has 0 aromatic rings. The molecule has 0 aromatic carbocycles. The van der Waals surface area contributed by atoms with Crippen molar-refractivity contribution in [3.63, 3.8) is 0 Å². The van der Waals surface area contributed by atoms with Gasteiger partial charge in [-0.25, -0.2) is 0 Å². The largest absolute Gasteiger partial charge is 0.523 e. The molecule has 1 aliphatic carbocycles. The highest BCUT2D eigenvalue weighted by Crippen LogP contribution is 2.31. The number of alkyl halides is 3. The summed E-state index contributed by atoms with van der Waals surface area (Å²) in [6.07, 6.45) is 5.14. The smallest absolute Gasteiger partial charge is 0.263 e. The van der Waals surface area contributed by atoms with Gasteiger partial charge in [0, 0.05) is 0 Å². The first kappa shape index (κ1) is 14.8. The standard InChI is InChI=1S/C10H17F3O3S/c1-8(9-5-3-2-4-6-9)7-16-17(14,15)10(11,12)13/h8-9H,2-7H2,1H3. The lowest BCUT2D eigenvalue weighted by Gasteiger charge is -2.27. The van der Waals surface area contributed by atoms with Crippen LogP contribution in [0.5, 0.6) is 0 Å². The SMILES string of the molecule is CC(COS(=O)(=O)C(F)(F)F)C1CCCCC1. The van der Waals surface area contributed by atoms with Gasteiger partial charge in [-0.1, -0.05) is 39.0 Å². The molecule has 1 rings (SSSR count). The van der Waals surface area contributed by atoms with Crippen molar-refractivity contribution < 1.29 is 25.8 Å². The number of rotatable bonds is 4. The molecule has 102 valence electrons. The minimum Gasteiger partial charge on any atom is -0.263 e. The van der Waals surface area contributed by atoms with Crippen molar-refractivity contribution in [2.24, 2.45) is 11.8 Å². The van der Waals surface area contributed by atoms with Crippen LogP contribution in [0, 0.1) is 11.8 Å². The van der Waals surface area contributed by atoms with Gasteiger partial charge in [-0.05, 0) is 11.8 Å². The molecule has 0 saturated heterocycles. The first-order chi connectivity index (χ1) is 7.74. The molecule has 0 heterocycles. The molecule has 1 unspecified atom stereocenters. The van der Waals surface area contributed by atoms with E-state index >= 15 is 0 Å². The van der Waals surface area contributed by atoms with Crippen LogP contribution in [0.25, 0.3) is 0 Å². The molecule has 0 bridgehead atoms. The van der Waals surface area contributed by atoms with Crippen LogP contribution in [0.1, 0.15) is 39.0 Å². The lowest BCUT2D eigenvalue weighted by atomic mass is 9.81. The maximum Gasteiger partial charge on any atom is 0.523 e. The lowest BCUT2D eigenvalue weighted by Crippen LogP contribution is -2.29. The molecule has 0 aliphatic heterocycles. The van der Waals surface area contributed by atoms with Crippen molar-refractivity contribution in [1.82, 2.24) is 0 Å². The summed E-state index contributed by atoms with van der Waals surface area (Å²) in [6.45, 7) is 1.36. The number of hydrogen-bond acceptors (Lipinski definition) is 3. The van der Waals surface area contributed by atoms with Crippen molar-refractivity contribution in [3.8, 4) is 0 Å². The van der Waals surface area contributed by atoms with Crippen LogP contribution in [0.4, 0.5) is 13.2 Å². The van der Waals surface area contributed by atoms with E-state index in [4.69, 9.17) is 0 Å². The molecule has 1 atom stereocenters. The Hall–Kier alpha value is -0.300. The van der Waals surface area contributed by atoms with Crippen LogP contribution < -0.4 is 0 Å². The Kier molecular flexibility index (Phi) is 4.83. The topological polar surface area (TPSA) is 43.4 Å². The zero-order valence-corrected chi connectivity index (χ0v) is 10.5. The Morgan fingerprint density at radius 2 is 1.76 bits per heavy atom. The average Bonchev–Trinajstić information content (AvgIpc) is 2.25. The van der Waals surface area contributed by atoms with Crippen LogP contribution in [0.3, 0.4) is 0 Å². The van der Waals surface area contributed by atoms with Gasteiger partial charge in [0.05, 0.1) is 6.61 Å². The predicted octanol–water partition coefficient (Wildman–Crippen LogP) is 3.07. The molecule has 3 nitrogen and oxygen atoms in total. The summed E-state index contributed by atoms with van der Waals surface area (Å²) in [5.74, 6) is 0.111. The quantitative estimate of drug-likeness (QED) is 0.584. The van der Waals surface area contributed by atoms with Crippen LogP contribution in [0.15, 0.2) is 0 Å². The van der Waals surface area contributed by atoms with Gasteiger partial charge in [0.25, 0.3) is 0 Å². The Morgan fingerprint density at radius 3 is 2.24 bits per heavy atom. The fraction of sp³-hybridized carbons (Fsp3) is 1.00. The van der Waals surface area contributed by atoms with E-state index in [0.29, 0.717) is 0 Å². The summed E-state index contributed by atoms with van der Waals surface area (Å²) in [5, 5.41) is 0. The molecule has 7 heteroatoms. The van der Waals surface area contributed by atoms with Crippen LogP contribution in [-0.2, 0) is 14.3 Å². The Balaban J connectivity index is 2.45. The summed E-state index contributed by atoms with van der Waals surface area (Å²) in [4.78, 5) is 0. The molecule has 0 radical (unpaired) electrons. The second-order valence-electron chi connectivity index (χ2n) is 4.56. The molecule has 0 N–H and O–H groups in total. The molecular weight excluding hydrogens is 257 g/mol. The highest BCUT2D eigenvalue weighted by Gasteiger charge is 2.47. The monoisotopic (exact) mass is 274 g/mol. The Bertz CT molecular complexity index is 331. The maximum atomic E-state index is 12.0. The van der Waals surface area contributed by atoms with Crippen molar-refractivity contribution in [2.45, 2.75) is 44.5 Å². The van der Waals surface area contributed by atoms with E-state index < -0.39 is 15.6 Å². The second-order valence-corrected chi connectivity index (χ2v) is 6.17. The van der Waals surface area contributed by atoms with E-state index in [2.05, 4.69) is 4.18 Å². The summed E-state index contributed by atoms with van der Waals surface area (Å²) >= 11 is 0. The van der Waals surface area contributed by atoms with E-state index in [0.717, 1.165) is 32.1 Å². The average molecular weight is 274 g/mol. The van der Waals surface area contributed by atoms with Gasteiger partial charge < -0.3 is 0 Å². The molecular formula is C10H17F3O3S. The zero-order chi connectivity index (χ0) is 13.1. The van der Waals surface area contributed by atoms with Crippen molar-refractivity contribution in [2.75, 3.05) is 6.61 Å². The van der Waals surface area contributed by atoms with Crippen molar-refractivity contribution in [3.05, 3.63) is 0 Å². The minimum absolute atomic E-state index is 0.160.